The zero-order chi connectivity index (χ0) is 19.9. The Hall–Kier alpha value is -3.08. The first-order chi connectivity index (χ1) is 13.6. The highest BCUT2D eigenvalue weighted by atomic mass is 16.1. The summed E-state index contributed by atoms with van der Waals surface area (Å²) in [5.74, 6) is 1.02. The predicted octanol–water partition coefficient (Wildman–Crippen LogP) is 3.85. The van der Waals surface area contributed by atoms with Gasteiger partial charge in [-0.25, -0.2) is 0 Å². The van der Waals surface area contributed by atoms with Gasteiger partial charge in [-0.05, 0) is 63.3 Å². The number of benzene rings is 1. The Morgan fingerprint density at radius 3 is 2.36 bits per heavy atom. The Morgan fingerprint density at radius 2 is 1.82 bits per heavy atom. The number of allylic oxidation sites excluding steroid dienone is 4. The number of hydrogen-bond donors (Lipinski definition) is 2. The van der Waals surface area contributed by atoms with E-state index in [1.54, 1.807) is 0 Å². The van der Waals surface area contributed by atoms with Crippen LogP contribution in [0.25, 0.3) is 5.70 Å². The van der Waals surface area contributed by atoms with Gasteiger partial charge in [-0.2, -0.15) is 0 Å². The van der Waals surface area contributed by atoms with Crippen molar-refractivity contribution in [2.45, 2.75) is 26.7 Å². The molecule has 5 heteroatoms. The highest BCUT2D eigenvalue weighted by molar-refractivity contribution is 5.95. The normalized spacial score (nSPS) is 17.3. The van der Waals surface area contributed by atoms with Gasteiger partial charge in [0.05, 0.1) is 12.2 Å². The molecular formula is C23H28N4O. The van der Waals surface area contributed by atoms with Crippen molar-refractivity contribution in [3.8, 4) is 0 Å². The van der Waals surface area contributed by atoms with Crippen LogP contribution in [0.1, 0.15) is 42.6 Å². The van der Waals surface area contributed by atoms with Gasteiger partial charge < -0.3 is 15.5 Å². The van der Waals surface area contributed by atoms with Crippen LogP contribution in [0.4, 0.5) is 0 Å². The number of piperidine rings is 1. The smallest absolute Gasteiger partial charge is 0.255 e. The minimum absolute atomic E-state index is 0.110. The van der Waals surface area contributed by atoms with Crippen LogP contribution in [0, 0.1) is 0 Å². The molecule has 3 rings (SSSR count). The lowest BCUT2D eigenvalue weighted by atomic mass is 10.0. The van der Waals surface area contributed by atoms with Gasteiger partial charge >= 0.3 is 0 Å². The predicted molar refractivity (Wildman–Crippen MR) is 116 cm³/mol. The molecule has 2 aliphatic rings. The van der Waals surface area contributed by atoms with Gasteiger partial charge in [-0.15, -0.1) is 0 Å². The van der Waals surface area contributed by atoms with Crippen LogP contribution < -0.4 is 10.6 Å². The topological polar surface area (TPSA) is 56.7 Å². The van der Waals surface area contributed by atoms with Crippen LogP contribution in [0.5, 0.6) is 0 Å². The molecule has 0 saturated carbocycles. The lowest BCUT2D eigenvalue weighted by Gasteiger charge is -2.34. The van der Waals surface area contributed by atoms with E-state index < -0.39 is 0 Å². The molecule has 1 aromatic rings. The van der Waals surface area contributed by atoms with E-state index in [0.29, 0.717) is 12.1 Å². The standard InChI is InChI=1S/C23H28N4O/c1-4-17-12-14-27(15-13-17)22-11-10-20(16-25-22)26-23(28)19-8-6-18(7-9-19)21(5-2)24-3/h4-11,25H,3,12-16H2,1-2H3,(H,26,28)/b21-5-. The van der Waals surface area contributed by atoms with E-state index in [9.17, 15) is 4.79 Å². The van der Waals surface area contributed by atoms with Gasteiger partial charge in [0.2, 0.25) is 0 Å². The number of dihydropyridines is 1. The second-order valence-electron chi connectivity index (χ2n) is 6.89. The van der Waals surface area contributed by atoms with Crippen molar-refractivity contribution in [3.05, 3.63) is 76.8 Å². The van der Waals surface area contributed by atoms with Crippen molar-refractivity contribution in [1.82, 2.24) is 15.5 Å². The third-order valence-electron chi connectivity index (χ3n) is 5.22. The minimum atomic E-state index is -0.110. The van der Waals surface area contributed by atoms with E-state index in [4.69, 9.17) is 0 Å². The molecule has 28 heavy (non-hydrogen) atoms. The summed E-state index contributed by atoms with van der Waals surface area (Å²) in [4.78, 5) is 18.9. The Morgan fingerprint density at radius 1 is 1.14 bits per heavy atom. The maximum Gasteiger partial charge on any atom is 0.255 e. The minimum Gasteiger partial charge on any atom is -0.366 e. The zero-order valence-electron chi connectivity index (χ0n) is 16.7. The van der Waals surface area contributed by atoms with E-state index in [0.717, 1.165) is 48.7 Å². The maximum atomic E-state index is 12.5. The summed E-state index contributed by atoms with van der Waals surface area (Å²) in [7, 11) is 0. The van der Waals surface area contributed by atoms with Gasteiger partial charge in [0.1, 0.15) is 5.82 Å². The molecule has 0 bridgehead atoms. The number of nitrogens with one attached hydrogen (secondary N) is 2. The van der Waals surface area contributed by atoms with Crippen molar-refractivity contribution < 1.29 is 4.79 Å². The number of nitrogens with zero attached hydrogens (tertiary/aromatic N) is 2. The number of hydrogen-bond acceptors (Lipinski definition) is 4. The first-order valence-corrected chi connectivity index (χ1v) is 9.73. The van der Waals surface area contributed by atoms with Crippen molar-refractivity contribution >= 4 is 18.3 Å². The summed E-state index contributed by atoms with van der Waals surface area (Å²) in [6, 6.07) is 7.40. The van der Waals surface area contributed by atoms with Gasteiger partial charge in [0.15, 0.2) is 0 Å². The van der Waals surface area contributed by atoms with E-state index in [1.165, 1.54) is 5.57 Å². The number of amides is 1. The van der Waals surface area contributed by atoms with Crippen molar-refractivity contribution in [2.24, 2.45) is 4.99 Å². The summed E-state index contributed by atoms with van der Waals surface area (Å²) < 4.78 is 0. The fourth-order valence-electron chi connectivity index (χ4n) is 3.47. The number of carbonyl (C=O) groups excluding carboxylic acids is 1. The SMILES string of the molecule is C=N/C(=C\C)c1ccc(C(=O)NC2=CC=C(N3CCC(=CC)CC3)NC2)cc1. The van der Waals surface area contributed by atoms with E-state index in [2.05, 4.69) is 46.3 Å². The molecule has 0 aliphatic carbocycles. The highest BCUT2D eigenvalue weighted by Gasteiger charge is 2.18. The quantitative estimate of drug-likeness (QED) is 0.606. The molecule has 2 N–H and O–H groups in total. The molecule has 0 unspecified atom stereocenters. The Bertz CT molecular complexity index is 849. The van der Waals surface area contributed by atoms with E-state index in [-0.39, 0.29) is 5.91 Å². The molecule has 146 valence electrons. The first-order valence-electron chi connectivity index (χ1n) is 9.73. The Balaban J connectivity index is 1.60. The largest absolute Gasteiger partial charge is 0.366 e. The Kier molecular flexibility index (Phi) is 6.48. The summed E-state index contributed by atoms with van der Waals surface area (Å²) in [5, 5.41) is 6.41. The molecule has 0 radical (unpaired) electrons. The lowest BCUT2D eigenvalue weighted by molar-refractivity contribution is 0.0964. The molecule has 1 fully saturated rings. The third kappa shape index (κ3) is 4.60. The number of likely N-dealkylation sites (tertiary alicyclic amines) is 1. The molecule has 5 nitrogen and oxygen atoms in total. The molecular weight excluding hydrogens is 348 g/mol. The van der Waals surface area contributed by atoms with Gasteiger partial charge in [0.25, 0.3) is 5.91 Å². The monoisotopic (exact) mass is 376 g/mol. The van der Waals surface area contributed by atoms with Crippen molar-refractivity contribution in [2.75, 3.05) is 19.6 Å². The van der Waals surface area contributed by atoms with Crippen LogP contribution in [-0.4, -0.2) is 37.2 Å². The second kappa shape index (κ2) is 9.22. The highest BCUT2D eigenvalue weighted by Crippen LogP contribution is 2.20. The molecule has 1 saturated heterocycles. The van der Waals surface area contributed by atoms with Crippen LogP contribution in [0.3, 0.4) is 0 Å². The zero-order valence-corrected chi connectivity index (χ0v) is 16.7. The van der Waals surface area contributed by atoms with E-state index >= 15 is 0 Å². The summed E-state index contributed by atoms with van der Waals surface area (Å²) in [6.07, 6.45) is 10.4. The summed E-state index contributed by atoms with van der Waals surface area (Å²) in [5.41, 5.74) is 4.78. The van der Waals surface area contributed by atoms with Gasteiger partial charge in [0, 0.05) is 24.4 Å². The fourth-order valence-corrected chi connectivity index (χ4v) is 3.47. The molecule has 0 atom stereocenters. The molecule has 0 aromatic heterocycles. The third-order valence-corrected chi connectivity index (χ3v) is 5.22. The second-order valence-corrected chi connectivity index (χ2v) is 6.89. The molecule has 2 aliphatic heterocycles. The van der Waals surface area contributed by atoms with Crippen LogP contribution in [0.2, 0.25) is 0 Å². The number of rotatable bonds is 5. The first kappa shape index (κ1) is 19.7. The van der Waals surface area contributed by atoms with Crippen LogP contribution in [-0.2, 0) is 0 Å². The summed E-state index contributed by atoms with van der Waals surface area (Å²) >= 11 is 0. The molecule has 2 heterocycles. The van der Waals surface area contributed by atoms with Crippen LogP contribution >= 0.6 is 0 Å². The van der Waals surface area contributed by atoms with Gasteiger partial charge in [-0.3, -0.25) is 9.79 Å². The average Bonchev–Trinajstić information content (AvgIpc) is 2.76. The lowest BCUT2D eigenvalue weighted by Crippen LogP contribution is -2.40. The number of aliphatic imine (C=N–C) groups is 1. The maximum absolute atomic E-state index is 12.5. The van der Waals surface area contributed by atoms with Crippen molar-refractivity contribution in [3.63, 3.8) is 0 Å². The van der Waals surface area contributed by atoms with E-state index in [1.807, 2.05) is 43.3 Å². The summed E-state index contributed by atoms with van der Waals surface area (Å²) in [6.45, 7) is 10.3. The van der Waals surface area contributed by atoms with Gasteiger partial charge in [-0.1, -0.05) is 29.9 Å². The number of carbonyl (C=O) groups is 1. The molecule has 1 aromatic carbocycles. The van der Waals surface area contributed by atoms with Crippen molar-refractivity contribution in [1.29, 1.82) is 0 Å². The molecule has 1 amide bonds. The molecule has 0 spiro atoms. The fraction of sp³-hybridized carbons (Fsp3) is 0.304. The van der Waals surface area contributed by atoms with Crippen LogP contribution in [0.15, 0.2) is 70.7 Å². The Labute approximate surface area is 167 Å². The average molecular weight is 377 g/mol.